The molecule has 2 aromatic carbocycles. The van der Waals surface area contributed by atoms with E-state index in [0.29, 0.717) is 11.3 Å². The fraction of sp³-hybridized carbons (Fsp3) is 0.200. The van der Waals surface area contributed by atoms with E-state index >= 15 is 0 Å². The van der Waals surface area contributed by atoms with Gasteiger partial charge in [0.2, 0.25) is 0 Å². The molecule has 0 aliphatic heterocycles. The minimum absolute atomic E-state index is 0.0245. The van der Waals surface area contributed by atoms with E-state index in [4.69, 9.17) is 9.47 Å². The standard InChI is InChI=1S/C15H12F3NO5/c1-22-12-6-7-14(13(8-12)19(20)21)23-9-10-2-4-11(5-3-10)24-15(16,17)18/h2-8H,9H2,1H3. The summed E-state index contributed by atoms with van der Waals surface area (Å²) in [4.78, 5) is 10.4. The average molecular weight is 343 g/mol. The number of nitro groups is 1. The summed E-state index contributed by atoms with van der Waals surface area (Å²) < 4.78 is 50.2. The van der Waals surface area contributed by atoms with Gasteiger partial charge in [-0.05, 0) is 29.8 Å². The lowest BCUT2D eigenvalue weighted by atomic mass is 10.2. The molecule has 0 fully saturated rings. The minimum atomic E-state index is -4.76. The van der Waals surface area contributed by atoms with Gasteiger partial charge in [0.15, 0.2) is 5.75 Å². The molecule has 0 N–H and O–H groups in total. The summed E-state index contributed by atoms with van der Waals surface area (Å²) in [6, 6.07) is 9.12. The SMILES string of the molecule is COc1ccc(OCc2ccc(OC(F)(F)F)cc2)c([N+](=O)[O-])c1. The number of hydrogen-bond donors (Lipinski definition) is 0. The van der Waals surface area contributed by atoms with Crippen molar-refractivity contribution in [2.75, 3.05) is 7.11 Å². The van der Waals surface area contributed by atoms with Crippen LogP contribution >= 0.6 is 0 Å². The Bertz CT molecular complexity index is 716. The maximum absolute atomic E-state index is 12.1. The molecule has 0 heterocycles. The molecule has 9 heteroatoms. The van der Waals surface area contributed by atoms with Crippen molar-refractivity contribution in [3.63, 3.8) is 0 Å². The molecule has 0 saturated carbocycles. The summed E-state index contributed by atoms with van der Waals surface area (Å²) in [6.45, 7) is -0.0561. The number of methoxy groups -OCH3 is 1. The highest BCUT2D eigenvalue weighted by atomic mass is 19.4. The van der Waals surface area contributed by atoms with E-state index in [2.05, 4.69) is 4.74 Å². The Morgan fingerprint density at radius 3 is 2.25 bits per heavy atom. The van der Waals surface area contributed by atoms with Gasteiger partial charge in [-0.25, -0.2) is 0 Å². The van der Waals surface area contributed by atoms with E-state index in [9.17, 15) is 23.3 Å². The molecule has 0 aliphatic rings. The first kappa shape index (κ1) is 17.4. The first-order valence-corrected chi connectivity index (χ1v) is 6.58. The van der Waals surface area contributed by atoms with Crippen LogP contribution < -0.4 is 14.2 Å². The fourth-order valence-electron chi connectivity index (χ4n) is 1.84. The van der Waals surface area contributed by atoms with Gasteiger partial charge in [0.25, 0.3) is 0 Å². The number of nitro benzene ring substituents is 1. The summed E-state index contributed by atoms with van der Waals surface area (Å²) in [7, 11) is 1.38. The second-order valence-electron chi connectivity index (χ2n) is 4.57. The largest absolute Gasteiger partial charge is 0.573 e. The Kier molecular flexibility index (Phi) is 5.12. The zero-order valence-electron chi connectivity index (χ0n) is 12.4. The fourth-order valence-corrected chi connectivity index (χ4v) is 1.84. The highest BCUT2D eigenvalue weighted by Gasteiger charge is 2.30. The molecule has 0 bridgehead atoms. The quantitative estimate of drug-likeness (QED) is 0.584. The van der Waals surface area contributed by atoms with Gasteiger partial charge in [0.1, 0.15) is 18.1 Å². The number of alkyl halides is 3. The van der Waals surface area contributed by atoms with Crippen molar-refractivity contribution in [1.82, 2.24) is 0 Å². The van der Waals surface area contributed by atoms with E-state index in [0.717, 1.165) is 12.1 Å². The molecule has 0 radical (unpaired) electrons. The topological polar surface area (TPSA) is 70.8 Å². The van der Waals surface area contributed by atoms with Crippen molar-refractivity contribution in [1.29, 1.82) is 0 Å². The molecular weight excluding hydrogens is 331 g/mol. The van der Waals surface area contributed by atoms with Crippen LogP contribution in [0.2, 0.25) is 0 Å². The number of rotatable bonds is 6. The zero-order chi connectivity index (χ0) is 17.7. The Labute approximate surface area is 134 Å². The summed E-state index contributed by atoms with van der Waals surface area (Å²) >= 11 is 0. The second kappa shape index (κ2) is 7.07. The Balaban J connectivity index is 2.07. The highest BCUT2D eigenvalue weighted by molar-refractivity contribution is 5.51. The summed E-state index contributed by atoms with van der Waals surface area (Å²) in [5, 5.41) is 11.0. The molecule has 6 nitrogen and oxygen atoms in total. The van der Waals surface area contributed by atoms with Gasteiger partial charge in [0, 0.05) is 0 Å². The third-order valence-corrected chi connectivity index (χ3v) is 2.91. The Hall–Kier alpha value is -2.97. The number of ether oxygens (including phenoxy) is 3. The first-order chi connectivity index (χ1) is 11.3. The zero-order valence-corrected chi connectivity index (χ0v) is 12.4. The van der Waals surface area contributed by atoms with Crippen LogP contribution in [0, 0.1) is 10.1 Å². The molecule has 0 spiro atoms. The normalized spacial score (nSPS) is 11.0. The maximum Gasteiger partial charge on any atom is 0.573 e. The number of hydrogen-bond acceptors (Lipinski definition) is 5. The second-order valence-corrected chi connectivity index (χ2v) is 4.57. The van der Waals surface area contributed by atoms with Crippen LogP contribution in [0.5, 0.6) is 17.2 Å². The lowest BCUT2D eigenvalue weighted by molar-refractivity contribution is -0.386. The van der Waals surface area contributed by atoms with E-state index in [1.165, 1.54) is 37.4 Å². The molecule has 2 rings (SSSR count). The molecule has 0 aromatic heterocycles. The third-order valence-electron chi connectivity index (χ3n) is 2.91. The van der Waals surface area contributed by atoms with E-state index in [-0.39, 0.29) is 23.8 Å². The molecular formula is C15H12F3NO5. The van der Waals surface area contributed by atoms with Crippen LogP contribution in [0.3, 0.4) is 0 Å². The average Bonchev–Trinajstić information content (AvgIpc) is 2.52. The van der Waals surface area contributed by atoms with Crippen LogP contribution in [0.15, 0.2) is 42.5 Å². The molecule has 0 saturated heterocycles. The van der Waals surface area contributed by atoms with Crippen LogP contribution in [0.1, 0.15) is 5.56 Å². The predicted octanol–water partition coefficient (Wildman–Crippen LogP) is 4.08. The van der Waals surface area contributed by atoms with E-state index in [1.807, 2.05) is 0 Å². The van der Waals surface area contributed by atoms with Crippen molar-refractivity contribution in [3.05, 3.63) is 58.1 Å². The van der Waals surface area contributed by atoms with Crippen molar-refractivity contribution in [3.8, 4) is 17.2 Å². The molecule has 2 aromatic rings. The lowest BCUT2D eigenvalue weighted by Crippen LogP contribution is -2.17. The van der Waals surface area contributed by atoms with Gasteiger partial charge < -0.3 is 14.2 Å². The third kappa shape index (κ3) is 4.77. The van der Waals surface area contributed by atoms with Crippen molar-refractivity contribution >= 4 is 5.69 Å². The smallest absolute Gasteiger partial charge is 0.496 e. The predicted molar refractivity (Wildman–Crippen MR) is 77.1 cm³/mol. The van der Waals surface area contributed by atoms with Crippen molar-refractivity contribution < 1.29 is 32.3 Å². The molecule has 0 aliphatic carbocycles. The summed E-state index contributed by atoms with van der Waals surface area (Å²) in [6.07, 6.45) is -4.76. The van der Waals surface area contributed by atoms with Crippen LogP contribution in [0.4, 0.5) is 18.9 Å². The molecule has 24 heavy (non-hydrogen) atoms. The first-order valence-electron chi connectivity index (χ1n) is 6.58. The summed E-state index contributed by atoms with van der Waals surface area (Å²) in [5.74, 6) is -0.0270. The Morgan fingerprint density at radius 2 is 1.71 bits per heavy atom. The molecule has 0 unspecified atom stereocenters. The monoisotopic (exact) mass is 343 g/mol. The van der Waals surface area contributed by atoms with Crippen LogP contribution in [-0.2, 0) is 6.61 Å². The lowest BCUT2D eigenvalue weighted by Gasteiger charge is -2.10. The van der Waals surface area contributed by atoms with Crippen LogP contribution in [0.25, 0.3) is 0 Å². The molecule has 0 atom stereocenters. The van der Waals surface area contributed by atoms with Gasteiger partial charge in [0.05, 0.1) is 18.1 Å². The molecule has 0 amide bonds. The van der Waals surface area contributed by atoms with Crippen molar-refractivity contribution in [2.24, 2.45) is 0 Å². The Morgan fingerprint density at radius 1 is 1.08 bits per heavy atom. The van der Waals surface area contributed by atoms with Gasteiger partial charge in [-0.3, -0.25) is 10.1 Å². The minimum Gasteiger partial charge on any atom is -0.496 e. The number of benzene rings is 2. The van der Waals surface area contributed by atoms with E-state index in [1.54, 1.807) is 0 Å². The number of nitrogens with zero attached hydrogens (tertiary/aromatic N) is 1. The maximum atomic E-state index is 12.1. The van der Waals surface area contributed by atoms with Crippen molar-refractivity contribution in [2.45, 2.75) is 13.0 Å². The molecule has 128 valence electrons. The summed E-state index contributed by atoms with van der Waals surface area (Å²) in [5.41, 5.74) is 0.251. The highest BCUT2D eigenvalue weighted by Crippen LogP contribution is 2.31. The number of halogens is 3. The van der Waals surface area contributed by atoms with Crippen LogP contribution in [-0.4, -0.2) is 18.4 Å². The van der Waals surface area contributed by atoms with E-state index < -0.39 is 11.3 Å². The van der Waals surface area contributed by atoms with Gasteiger partial charge >= 0.3 is 12.0 Å². The van der Waals surface area contributed by atoms with Gasteiger partial charge in [-0.2, -0.15) is 0 Å². The van der Waals surface area contributed by atoms with Gasteiger partial charge in [-0.15, -0.1) is 13.2 Å². The van der Waals surface area contributed by atoms with Gasteiger partial charge in [-0.1, -0.05) is 12.1 Å².